The van der Waals surface area contributed by atoms with E-state index in [1.54, 1.807) is 0 Å². The summed E-state index contributed by atoms with van der Waals surface area (Å²) in [4.78, 5) is 17.0. The van der Waals surface area contributed by atoms with Crippen molar-refractivity contribution in [2.75, 3.05) is 39.8 Å². The van der Waals surface area contributed by atoms with Gasteiger partial charge in [-0.2, -0.15) is 0 Å². The van der Waals surface area contributed by atoms with Crippen molar-refractivity contribution in [3.8, 4) is 0 Å². The SMILES string of the molecule is CCOC(=O)CC1(N2CCN(C)CC2)CCC(C)(C)C1. The highest BCUT2D eigenvalue weighted by Crippen LogP contribution is 2.48. The summed E-state index contributed by atoms with van der Waals surface area (Å²) in [5.74, 6) is -0.0240. The molecule has 0 aromatic rings. The summed E-state index contributed by atoms with van der Waals surface area (Å²) in [6, 6.07) is 0. The van der Waals surface area contributed by atoms with Crippen LogP contribution in [-0.4, -0.2) is 61.1 Å². The molecule has 2 rings (SSSR count). The van der Waals surface area contributed by atoms with E-state index in [-0.39, 0.29) is 11.5 Å². The molecule has 0 aromatic heterocycles. The minimum atomic E-state index is -0.0240. The highest BCUT2D eigenvalue weighted by atomic mass is 16.5. The fourth-order valence-electron chi connectivity index (χ4n) is 3.93. The lowest BCUT2D eigenvalue weighted by atomic mass is 9.84. The van der Waals surface area contributed by atoms with Crippen molar-refractivity contribution in [2.24, 2.45) is 5.41 Å². The molecule has 0 N–H and O–H groups in total. The first kappa shape index (κ1) is 15.8. The lowest BCUT2D eigenvalue weighted by Gasteiger charge is -2.45. The van der Waals surface area contributed by atoms with Gasteiger partial charge in [0.05, 0.1) is 13.0 Å². The van der Waals surface area contributed by atoms with Crippen LogP contribution in [-0.2, 0) is 9.53 Å². The van der Waals surface area contributed by atoms with Gasteiger partial charge in [0.1, 0.15) is 0 Å². The molecule has 0 bridgehead atoms. The molecular weight excluding hydrogens is 252 g/mol. The molecule has 0 spiro atoms. The molecule has 0 amide bonds. The quantitative estimate of drug-likeness (QED) is 0.740. The Kier molecular flexibility index (Phi) is 4.75. The van der Waals surface area contributed by atoms with Gasteiger partial charge in [-0.25, -0.2) is 0 Å². The van der Waals surface area contributed by atoms with E-state index >= 15 is 0 Å². The number of hydrogen-bond donors (Lipinski definition) is 0. The predicted molar refractivity (Wildman–Crippen MR) is 80.7 cm³/mol. The first-order chi connectivity index (χ1) is 9.37. The molecule has 1 heterocycles. The Morgan fingerprint density at radius 3 is 2.30 bits per heavy atom. The lowest BCUT2D eigenvalue weighted by Crippen LogP contribution is -2.56. The molecule has 4 nitrogen and oxygen atoms in total. The van der Waals surface area contributed by atoms with Crippen LogP contribution in [0.25, 0.3) is 0 Å². The average Bonchev–Trinajstić information content (AvgIpc) is 2.67. The van der Waals surface area contributed by atoms with Gasteiger partial charge >= 0.3 is 5.97 Å². The Morgan fingerprint density at radius 2 is 1.80 bits per heavy atom. The normalized spacial score (nSPS) is 31.4. The molecule has 1 aliphatic carbocycles. The van der Waals surface area contributed by atoms with Gasteiger partial charge in [0.15, 0.2) is 0 Å². The zero-order chi connectivity index (χ0) is 14.8. The topological polar surface area (TPSA) is 32.8 Å². The van der Waals surface area contributed by atoms with Crippen molar-refractivity contribution < 1.29 is 9.53 Å². The molecule has 1 unspecified atom stereocenters. The predicted octanol–water partition coefficient (Wildman–Crippen LogP) is 2.14. The molecule has 116 valence electrons. The van der Waals surface area contributed by atoms with E-state index in [4.69, 9.17) is 4.74 Å². The zero-order valence-corrected chi connectivity index (χ0v) is 13.6. The van der Waals surface area contributed by atoms with Gasteiger partial charge < -0.3 is 9.64 Å². The highest BCUT2D eigenvalue weighted by molar-refractivity contribution is 5.71. The number of piperazine rings is 1. The number of carbonyl (C=O) groups excluding carboxylic acids is 1. The van der Waals surface area contributed by atoms with Crippen LogP contribution in [0.15, 0.2) is 0 Å². The maximum absolute atomic E-state index is 12.1. The van der Waals surface area contributed by atoms with Crippen molar-refractivity contribution in [2.45, 2.75) is 52.0 Å². The van der Waals surface area contributed by atoms with E-state index in [0.29, 0.717) is 18.4 Å². The van der Waals surface area contributed by atoms with Crippen LogP contribution in [0.4, 0.5) is 0 Å². The second-order valence-electron chi connectivity index (χ2n) is 7.34. The van der Waals surface area contributed by atoms with Gasteiger partial charge in [-0.15, -0.1) is 0 Å². The molecule has 1 aliphatic heterocycles. The zero-order valence-electron chi connectivity index (χ0n) is 13.6. The van der Waals surface area contributed by atoms with Gasteiger partial charge in [0, 0.05) is 31.7 Å². The van der Waals surface area contributed by atoms with Crippen molar-refractivity contribution >= 4 is 5.97 Å². The Bertz CT molecular complexity index is 348. The average molecular weight is 282 g/mol. The molecule has 1 atom stereocenters. The minimum Gasteiger partial charge on any atom is -0.466 e. The first-order valence-corrected chi connectivity index (χ1v) is 7.96. The number of nitrogens with zero attached hydrogens (tertiary/aromatic N) is 2. The summed E-state index contributed by atoms with van der Waals surface area (Å²) in [7, 11) is 2.17. The van der Waals surface area contributed by atoms with E-state index in [0.717, 1.165) is 39.0 Å². The maximum Gasteiger partial charge on any atom is 0.307 e. The molecule has 20 heavy (non-hydrogen) atoms. The smallest absolute Gasteiger partial charge is 0.307 e. The van der Waals surface area contributed by atoms with Crippen molar-refractivity contribution in [3.63, 3.8) is 0 Å². The van der Waals surface area contributed by atoms with Crippen LogP contribution in [0.5, 0.6) is 0 Å². The summed E-state index contributed by atoms with van der Waals surface area (Å²) in [5, 5.41) is 0. The first-order valence-electron chi connectivity index (χ1n) is 7.96. The van der Waals surface area contributed by atoms with Crippen molar-refractivity contribution in [1.29, 1.82) is 0 Å². The Balaban J connectivity index is 2.10. The van der Waals surface area contributed by atoms with Crippen LogP contribution in [0.3, 0.4) is 0 Å². The summed E-state index contributed by atoms with van der Waals surface area (Å²) in [5.41, 5.74) is 0.382. The van der Waals surface area contributed by atoms with E-state index in [9.17, 15) is 4.79 Å². The number of likely N-dealkylation sites (N-methyl/N-ethyl adjacent to an activating group) is 1. The van der Waals surface area contributed by atoms with Crippen LogP contribution in [0.1, 0.15) is 46.5 Å². The monoisotopic (exact) mass is 282 g/mol. The molecule has 2 aliphatic rings. The summed E-state index contributed by atoms with van der Waals surface area (Å²) >= 11 is 0. The van der Waals surface area contributed by atoms with Crippen LogP contribution >= 0.6 is 0 Å². The Hall–Kier alpha value is -0.610. The number of rotatable bonds is 4. The second-order valence-corrected chi connectivity index (χ2v) is 7.34. The van der Waals surface area contributed by atoms with Crippen LogP contribution < -0.4 is 0 Å². The van der Waals surface area contributed by atoms with Crippen molar-refractivity contribution in [1.82, 2.24) is 9.80 Å². The van der Waals surface area contributed by atoms with Gasteiger partial charge in [0.2, 0.25) is 0 Å². The number of carbonyl (C=O) groups is 1. The van der Waals surface area contributed by atoms with Gasteiger partial charge in [0.25, 0.3) is 0 Å². The Morgan fingerprint density at radius 1 is 1.15 bits per heavy atom. The molecule has 2 fully saturated rings. The highest BCUT2D eigenvalue weighted by Gasteiger charge is 2.48. The maximum atomic E-state index is 12.1. The van der Waals surface area contributed by atoms with Crippen molar-refractivity contribution in [3.05, 3.63) is 0 Å². The van der Waals surface area contributed by atoms with E-state index < -0.39 is 0 Å². The molecule has 1 saturated heterocycles. The third-order valence-corrected chi connectivity index (χ3v) is 5.03. The van der Waals surface area contributed by atoms with E-state index in [1.807, 2.05) is 6.92 Å². The number of esters is 1. The lowest BCUT2D eigenvalue weighted by molar-refractivity contribution is -0.147. The standard InChI is InChI=1S/C16H30N2O2/c1-5-20-14(19)12-16(7-6-15(2,3)13-16)18-10-8-17(4)9-11-18/h5-13H2,1-4H3. The van der Waals surface area contributed by atoms with Crippen LogP contribution in [0, 0.1) is 5.41 Å². The summed E-state index contributed by atoms with van der Waals surface area (Å²) in [6.45, 7) is 11.4. The molecular formula is C16H30N2O2. The third-order valence-electron chi connectivity index (χ3n) is 5.03. The van der Waals surface area contributed by atoms with Gasteiger partial charge in [-0.1, -0.05) is 13.8 Å². The fourth-order valence-corrected chi connectivity index (χ4v) is 3.93. The van der Waals surface area contributed by atoms with Gasteiger partial charge in [-0.05, 0) is 38.6 Å². The fraction of sp³-hybridized carbons (Fsp3) is 0.938. The molecule has 1 saturated carbocycles. The second kappa shape index (κ2) is 6.02. The van der Waals surface area contributed by atoms with Crippen LogP contribution in [0.2, 0.25) is 0 Å². The Labute approximate surface area is 123 Å². The third kappa shape index (κ3) is 3.53. The van der Waals surface area contributed by atoms with E-state index in [1.165, 1.54) is 6.42 Å². The molecule has 0 aromatic carbocycles. The number of hydrogen-bond acceptors (Lipinski definition) is 4. The van der Waals surface area contributed by atoms with Gasteiger partial charge in [-0.3, -0.25) is 9.69 Å². The number of ether oxygens (including phenoxy) is 1. The minimum absolute atomic E-state index is 0.0240. The molecule has 4 heteroatoms. The van der Waals surface area contributed by atoms with E-state index in [2.05, 4.69) is 30.7 Å². The summed E-state index contributed by atoms with van der Waals surface area (Å²) < 4.78 is 5.23. The largest absolute Gasteiger partial charge is 0.466 e. The summed E-state index contributed by atoms with van der Waals surface area (Å²) in [6.07, 6.45) is 4.01. The molecule has 0 radical (unpaired) electrons.